The summed E-state index contributed by atoms with van der Waals surface area (Å²) in [4.78, 5) is 12.6. The van der Waals surface area contributed by atoms with Crippen LogP contribution in [0.4, 0.5) is 0 Å². The third-order valence-electron chi connectivity index (χ3n) is 4.42. The number of rotatable bonds is 3. The fourth-order valence-electron chi connectivity index (χ4n) is 3.26. The zero-order valence-electron chi connectivity index (χ0n) is 13.9. The first-order valence-corrected chi connectivity index (χ1v) is 8.14. The molecule has 1 aliphatic heterocycles. The summed E-state index contributed by atoms with van der Waals surface area (Å²) in [5.74, 6) is 0.708. The van der Waals surface area contributed by atoms with Gasteiger partial charge in [0.15, 0.2) is 17.3 Å². The van der Waals surface area contributed by atoms with Gasteiger partial charge in [0, 0.05) is 29.5 Å². The Hall–Kier alpha value is -2.65. The van der Waals surface area contributed by atoms with Gasteiger partial charge in [-0.2, -0.15) is 5.26 Å². The largest absolute Gasteiger partial charge is 0.493 e. The molecule has 0 amide bonds. The van der Waals surface area contributed by atoms with E-state index in [-0.39, 0.29) is 17.2 Å². The number of ketones is 1. The summed E-state index contributed by atoms with van der Waals surface area (Å²) in [6, 6.07) is 5.34. The number of carbonyl (C=O) groups is 1. The Morgan fingerprint density at radius 2 is 1.96 bits per heavy atom. The number of hydrogen-bond acceptors (Lipinski definition) is 6. The Balaban J connectivity index is 2.24. The molecule has 1 aromatic carbocycles. The molecule has 6 nitrogen and oxygen atoms in total. The quantitative estimate of drug-likeness (QED) is 0.889. The average Bonchev–Trinajstić information content (AvgIpc) is 2.60. The molecular formula is C18H17ClN2O4. The van der Waals surface area contributed by atoms with Crippen molar-refractivity contribution in [3.05, 3.63) is 45.5 Å². The number of halogens is 1. The summed E-state index contributed by atoms with van der Waals surface area (Å²) in [6.45, 7) is 0. The van der Waals surface area contributed by atoms with Crippen LogP contribution in [0.5, 0.6) is 11.5 Å². The van der Waals surface area contributed by atoms with E-state index >= 15 is 0 Å². The molecule has 1 atom stereocenters. The van der Waals surface area contributed by atoms with Gasteiger partial charge < -0.3 is 19.9 Å². The summed E-state index contributed by atoms with van der Waals surface area (Å²) in [6.07, 6.45) is 1.70. The number of Topliss-reactive ketones (excluding diaryl/α,β-unsaturated/α-hetero) is 1. The second-order valence-corrected chi connectivity index (χ2v) is 6.17. The lowest BCUT2D eigenvalue weighted by molar-refractivity contribution is -0.116. The fourth-order valence-corrected chi connectivity index (χ4v) is 3.52. The summed E-state index contributed by atoms with van der Waals surface area (Å²) >= 11 is 6.44. The molecule has 2 N–H and O–H groups in total. The maximum absolute atomic E-state index is 12.6. The van der Waals surface area contributed by atoms with Crippen molar-refractivity contribution in [3.63, 3.8) is 0 Å². The molecule has 0 spiro atoms. The third-order valence-corrected chi connectivity index (χ3v) is 4.75. The van der Waals surface area contributed by atoms with Gasteiger partial charge in [0.05, 0.1) is 20.1 Å². The Morgan fingerprint density at radius 1 is 1.28 bits per heavy atom. The number of nitriles is 1. The molecule has 0 unspecified atom stereocenters. The second kappa shape index (κ2) is 6.69. The molecule has 2 aliphatic rings. The minimum atomic E-state index is -0.672. The van der Waals surface area contributed by atoms with Crippen LogP contribution in [0, 0.1) is 11.3 Å². The molecule has 0 bridgehead atoms. The predicted molar refractivity (Wildman–Crippen MR) is 91.1 cm³/mol. The molecule has 1 aliphatic carbocycles. The zero-order valence-corrected chi connectivity index (χ0v) is 14.6. The molecule has 0 saturated carbocycles. The smallest absolute Gasteiger partial charge is 0.205 e. The first kappa shape index (κ1) is 17.2. The minimum Gasteiger partial charge on any atom is -0.493 e. The monoisotopic (exact) mass is 360 g/mol. The first-order valence-electron chi connectivity index (χ1n) is 7.77. The van der Waals surface area contributed by atoms with E-state index in [0.717, 1.165) is 0 Å². The lowest BCUT2D eigenvalue weighted by Crippen LogP contribution is -2.27. The van der Waals surface area contributed by atoms with Crippen LogP contribution >= 0.6 is 11.6 Å². The summed E-state index contributed by atoms with van der Waals surface area (Å²) in [7, 11) is 3.01. The fraction of sp³-hybridized carbons (Fsp3) is 0.333. The van der Waals surface area contributed by atoms with Crippen LogP contribution in [-0.2, 0) is 9.53 Å². The van der Waals surface area contributed by atoms with Gasteiger partial charge in [-0.05, 0) is 18.1 Å². The number of carbonyl (C=O) groups excluding carboxylic acids is 1. The van der Waals surface area contributed by atoms with E-state index < -0.39 is 5.92 Å². The molecule has 0 radical (unpaired) electrons. The Bertz CT molecular complexity index is 851. The molecule has 130 valence electrons. The Kier molecular flexibility index (Phi) is 4.60. The zero-order chi connectivity index (χ0) is 18.1. The van der Waals surface area contributed by atoms with Crippen molar-refractivity contribution in [3.8, 4) is 17.6 Å². The maximum atomic E-state index is 12.6. The summed E-state index contributed by atoms with van der Waals surface area (Å²) < 4.78 is 16.1. The SMILES string of the molecule is COc1cc(Cl)c([C@@H]2C(C#N)=C(N)OC3=C2C(=O)CCC3)cc1OC. The number of hydrogen-bond donors (Lipinski definition) is 1. The van der Waals surface area contributed by atoms with Gasteiger partial charge in [-0.15, -0.1) is 0 Å². The van der Waals surface area contributed by atoms with Gasteiger partial charge >= 0.3 is 0 Å². The van der Waals surface area contributed by atoms with Crippen molar-refractivity contribution in [1.29, 1.82) is 5.26 Å². The van der Waals surface area contributed by atoms with Crippen LogP contribution in [-0.4, -0.2) is 20.0 Å². The van der Waals surface area contributed by atoms with E-state index in [9.17, 15) is 10.1 Å². The lowest BCUT2D eigenvalue weighted by Gasteiger charge is -2.31. The van der Waals surface area contributed by atoms with Crippen LogP contribution in [0.3, 0.4) is 0 Å². The van der Waals surface area contributed by atoms with E-state index in [1.807, 2.05) is 0 Å². The topological polar surface area (TPSA) is 94.6 Å². The summed E-state index contributed by atoms with van der Waals surface area (Å²) in [5.41, 5.74) is 7.12. The molecule has 1 heterocycles. The van der Waals surface area contributed by atoms with Crippen LogP contribution in [0.25, 0.3) is 0 Å². The average molecular weight is 361 g/mol. The van der Waals surface area contributed by atoms with E-state index in [4.69, 9.17) is 31.5 Å². The van der Waals surface area contributed by atoms with Crippen molar-refractivity contribution in [2.24, 2.45) is 5.73 Å². The minimum absolute atomic E-state index is 0.00630. The highest BCUT2D eigenvalue weighted by Crippen LogP contribution is 2.47. The Labute approximate surface area is 150 Å². The van der Waals surface area contributed by atoms with Gasteiger partial charge in [0.25, 0.3) is 0 Å². The van der Waals surface area contributed by atoms with Gasteiger partial charge in [0.2, 0.25) is 5.88 Å². The van der Waals surface area contributed by atoms with Crippen LogP contribution in [0.1, 0.15) is 30.7 Å². The van der Waals surface area contributed by atoms with Crippen molar-refractivity contribution < 1.29 is 19.0 Å². The van der Waals surface area contributed by atoms with E-state index in [2.05, 4.69) is 6.07 Å². The number of nitrogens with zero attached hydrogens (tertiary/aromatic N) is 1. The second-order valence-electron chi connectivity index (χ2n) is 5.77. The van der Waals surface area contributed by atoms with E-state index in [1.54, 1.807) is 12.1 Å². The molecule has 3 rings (SSSR count). The van der Waals surface area contributed by atoms with Crippen LogP contribution in [0.15, 0.2) is 34.9 Å². The molecule has 0 saturated heterocycles. The number of ether oxygens (including phenoxy) is 3. The van der Waals surface area contributed by atoms with E-state index in [1.165, 1.54) is 14.2 Å². The summed E-state index contributed by atoms with van der Waals surface area (Å²) in [5, 5.41) is 9.94. The highest BCUT2D eigenvalue weighted by atomic mass is 35.5. The highest BCUT2D eigenvalue weighted by molar-refractivity contribution is 6.31. The van der Waals surface area contributed by atoms with Crippen molar-refractivity contribution in [2.45, 2.75) is 25.2 Å². The maximum Gasteiger partial charge on any atom is 0.205 e. The number of methoxy groups -OCH3 is 2. The van der Waals surface area contributed by atoms with Crippen molar-refractivity contribution >= 4 is 17.4 Å². The van der Waals surface area contributed by atoms with Crippen molar-refractivity contribution in [2.75, 3.05) is 14.2 Å². The van der Waals surface area contributed by atoms with Gasteiger partial charge in [-0.3, -0.25) is 4.79 Å². The first-order chi connectivity index (χ1) is 12.0. The van der Waals surface area contributed by atoms with Gasteiger partial charge in [-0.25, -0.2) is 0 Å². The molecule has 0 aromatic heterocycles. The van der Waals surface area contributed by atoms with Crippen LogP contribution in [0.2, 0.25) is 5.02 Å². The number of nitrogens with two attached hydrogens (primary N) is 1. The molecule has 7 heteroatoms. The highest BCUT2D eigenvalue weighted by Gasteiger charge is 2.39. The lowest BCUT2D eigenvalue weighted by atomic mass is 9.77. The predicted octanol–water partition coefficient (Wildman–Crippen LogP) is 3.17. The van der Waals surface area contributed by atoms with Crippen LogP contribution < -0.4 is 15.2 Å². The normalized spacial score (nSPS) is 19.9. The molecule has 1 aromatic rings. The van der Waals surface area contributed by atoms with Gasteiger partial charge in [0.1, 0.15) is 17.4 Å². The Morgan fingerprint density at radius 3 is 2.60 bits per heavy atom. The number of benzene rings is 1. The number of allylic oxidation sites excluding steroid dienone is 3. The third kappa shape index (κ3) is 2.81. The molecule has 0 fully saturated rings. The van der Waals surface area contributed by atoms with Crippen molar-refractivity contribution in [1.82, 2.24) is 0 Å². The van der Waals surface area contributed by atoms with E-state index in [0.29, 0.717) is 52.7 Å². The molecular weight excluding hydrogens is 344 g/mol. The standard InChI is InChI=1S/C18H17ClN2O4/c1-23-14-6-9(11(19)7-15(14)24-2)16-10(8-20)18(21)25-13-5-3-4-12(22)17(13)16/h6-7,16H,3-5,21H2,1-2H3/t16-/m1/s1. The molecule has 25 heavy (non-hydrogen) atoms. The van der Waals surface area contributed by atoms with Gasteiger partial charge in [-0.1, -0.05) is 11.6 Å².